The number of unbranched alkanes of at least 4 members (excludes halogenated alkanes) is 2. The average molecular weight is 441 g/mol. The van der Waals surface area contributed by atoms with E-state index in [0.717, 1.165) is 49.0 Å². The number of hydrogen-bond acceptors (Lipinski definition) is 4. The number of carbonyl (C=O) groups excluding carboxylic acids is 2. The van der Waals surface area contributed by atoms with Crippen molar-refractivity contribution < 1.29 is 19.1 Å². The molecule has 0 bridgehead atoms. The number of rotatable bonds is 16. The van der Waals surface area contributed by atoms with Crippen molar-refractivity contribution in [1.82, 2.24) is 0 Å². The van der Waals surface area contributed by atoms with Crippen molar-refractivity contribution in [3.8, 4) is 11.5 Å². The second-order valence-electron chi connectivity index (χ2n) is 8.82. The lowest BCUT2D eigenvalue weighted by Crippen LogP contribution is -2.12. The molecule has 0 saturated heterocycles. The molecule has 0 saturated carbocycles. The van der Waals surface area contributed by atoms with E-state index >= 15 is 0 Å². The smallest absolute Gasteiger partial charge is 0.153 e. The van der Waals surface area contributed by atoms with Gasteiger partial charge in [-0.05, 0) is 59.7 Å². The number of ether oxygens (including phenoxy) is 2. The average Bonchev–Trinajstić information content (AvgIpc) is 2.83. The standard InChI is InChI=1S/C28H40O4/c1-5-9-11-21(7-3)19-31-27-15-24-16-28(32-20-22(8-4)12-10-6-2)26(18-30)14-23(24)13-25(27)17-29/h13-18,21-22H,5-12,19-20H2,1-4H3. The van der Waals surface area contributed by atoms with Crippen LogP contribution in [0.25, 0.3) is 10.8 Å². The Morgan fingerprint density at radius 1 is 0.688 bits per heavy atom. The molecule has 4 nitrogen and oxygen atoms in total. The van der Waals surface area contributed by atoms with Crippen molar-refractivity contribution in [3.05, 3.63) is 35.4 Å². The zero-order chi connectivity index (χ0) is 23.3. The molecule has 0 amide bonds. The van der Waals surface area contributed by atoms with Gasteiger partial charge < -0.3 is 9.47 Å². The van der Waals surface area contributed by atoms with Crippen LogP contribution in [-0.2, 0) is 0 Å². The lowest BCUT2D eigenvalue weighted by atomic mass is 10.00. The molecule has 0 aliphatic carbocycles. The predicted octanol–water partition coefficient (Wildman–Crippen LogP) is 7.66. The summed E-state index contributed by atoms with van der Waals surface area (Å²) in [6.45, 7) is 9.96. The highest BCUT2D eigenvalue weighted by Crippen LogP contribution is 2.31. The summed E-state index contributed by atoms with van der Waals surface area (Å²) in [5.74, 6) is 2.16. The third-order valence-electron chi connectivity index (χ3n) is 6.39. The van der Waals surface area contributed by atoms with E-state index in [-0.39, 0.29) is 0 Å². The molecular formula is C28H40O4. The number of aldehydes is 2. The monoisotopic (exact) mass is 440 g/mol. The normalized spacial score (nSPS) is 13.0. The van der Waals surface area contributed by atoms with Crippen LogP contribution in [0.4, 0.5) is 0 Å². The number of carbonyl (C=O) groups is 2. The van der Waals surface area contributed by atoms with Gasteiger partial charge in [0.1, 0.15) is 11.5 Å². The van der Waals surface area contributed by atoms with Crippen molar-refractivity contribution >= 4 is 23.3 Å². The largest absolute Gasteiger partial charge is 0.493 e. The molecule has 0 aliphatic heterocycles. The number of hydrogen-bond donors (Lipinski definition) is 0. The molecule has 0 fully saturated rings. The van der Waals surface area contributed by atoms with Gasteiger partial charge in [0.25, 0.3) is 0 Å². The summed E-state index contributed by atoms with van der Waals surface area (Å²) in [6, 6.07) is 7.41. The van der Waals surface area contributed by atoms with Gasteiger partial charge in [-0.1, -0.05) is 66.2 Å². The zero-order valence-corrected chi connectivity index (χ0v) is 20.3. The van der Waals surface area contributed by atoms with Crippen LogP contribution in [0, 0.1) is 11.8 Å². The zero-order valence-electron chi connectivity index (χ0n) is 20.3. The SMILES string of the molecule is CCCCC(CC)COc1cc2cc(OCC(CC)CCCC)c(C=O)cc2cc1C=O. The summed E-state index contributed by atoms with van der Waals surface area (Å²) in [5, 5.41) is 1.75. The molecule has 0 aliphatic rings. The second kappa shape index (κ2) is 13.9. The first-order chi connectivity index (χ1) is 15.6. The Hall–Kier alpha value is -2.36. The summed E-state index contributed by atoms with van der Waals surface area (Å²) in [7, 11) is 0. The molecule has 0 radical (unpaired) electrons. The van der Waals surface area contributed by atoms with E-state index in [1.807, 2.05) is 12.1 Å². The van der Waals surface area contributed by atoms with E-state index in [0.29, 0.717) is 47.7 Å². The van der Waals surface area contributed by atoms with Gasteiger partial charge in [0.2, 0.25) is 0 Å². The summed E-state index contributed by atoms with van der Waals surface area (Å²) in [6.07, 6.45) is 10.7. The molecule has 2 aromatic rings. The fourth-order valence-corrected chi connectivity index (χ4v) is 3.99. The van der Waals surface area contributed by atoms with E-state index in [1.165, 1.54) is 25.7 Å². The van der Waals surface area contributed by atoms with E-state index < -0.39 is 0 Å². The van der Waals surface area contributed by atoms with Crippen molar-refractivity contribution in [2.24, 2.45) is 11.8 Å². The van der Waals surface area contributed by atoms with Crippen molar-refractivity contribution in [3.63, 3.8) is 0 Å². The van der Waals surface area contributed by atoms with Crippen LogP contribution in [0.5, 0.6) is 11.5 Å². The summed E-state index contributed by atoms with van der Waals surface area (Å²) in [5.41, 5.74) is 1.03. The lowest BCUT2D eigenvalue weighted by Gasteiger charge is -2.18. The van der Waals surface area contributed by atoms with Crippen LogP contribution in [0.15, 0.2) is 24.3 Å². The Morgan fingerprint density at radius 3 is 1.44 bits per heavy atom. The molecule has 0 N–H and O–H groups in total. The Labute approximate surface area is 193 Å². The highest BCUT2D eigenvalue weighted by molar-refractivity contribution is 5.96. The fraction of sp³-hybridized carbons (Fsp3) is 0.571. The maximum absolute atomic E-state index is 11.7. The molecule has 2 aromatic carbocycles. The van der Waals surface area contributed by atoms with Gasteiger partial charge in [-0.2, -0.15) is 0 Å². The maximum Gasteiger partial charge on any atom is 0.153 e. The Kier molecular flexibility index (Phi) is 11.3. The maximum atomic E-state index is 11.7. The van der Waals surface area contributed by atoms with Gasteiger partial charge >= 0.3 is 0 Å². The van der Waals surface area contributed by atoms with Crippen LogP contribution in [0.1, 0.15) is 99.8 Å². The Bertz CT molecular complexity index is 791. The fourth-order valence-electron chi connectivity index (χ4n) is 3.99. The quantitative estimate of drug-likeness (QED) is 0.251. The van der Waals surface area contributed by atoms with Crippen LogP contribution in [0.3, 0.4) is 0 Å². The van der Waals surface area contributed by atoms with Gasteiger partial charge in [-0.15, -0.1) is 0 Å². The van der Waals surface area contributed by atoms with Crippen LogP contribution >= 0.6 is 0 Å². The number of benzene rings is 2. The van der Waals surface area contributed by atoms with Crippen molar-refractivity contribution in [2.45, 2.75) is 79.1 Å². The highest BCUT2D eigenvalue weighted by Gasteiger charge is 2.14. The summed E-state index contributed by atoms with van der Waals surface area (Å²) < 4.78 is 12.2. The first-order valence-electron chi connectivity index (χ1n) is 12.4. The molecule has 0 heterocycles. The van der Waals surface area contributed by atoms with Crippen molar-refractivity contribution in [2.75, 3.05) is 13.2 Å². The Balaban J connectivity index is 2.26. The van der Waals surface area contributed by atoms with Gasteiger partial charge in [0.15, 0.2) is 12.6 Å². The van der Waals surface area contributed by atoms with Gasteiger partial charge in [-0.25, -0.2) is 0 Å². The Morgan fingerprint density at radius 2 is 1.09 bits per heavy atom. The summed E-state index contributed by atoms with van der Waals surface area (Å²) >= 11 is 0. The second-order valence-corrected chi connectivity index (χ2v) is 8.82. The molecule has 176 valence electrons. The molecule has 4 heteroatoms. The third-order valence-corrected chi connectivity index (χ3v) is 6.39. The molecule has 2 rings (SSSR count). The minimum absolute atomic E-state index is 0.482. The molecule has 32 heavy (non-hydrogen) atoms. The minimum Gasteiger partial charge on any atom is -0.493 e. The van der Waals surface area contributed by atoms with Crippen LogP contribution in [0.2, 0.25) is 0 Å². The van der Waals surface area contributed by atoms with Crippen LogP contribution < -0.4 is 9.47 Å². The van der Waals surface area contributed by atoms with E-state index in [1.54, 1.807) is 12.1 Å². The van der Waals surface area contributed by atoms with E-state index in [9.17, 15) is 9.59 Å². The molecule has 2 atom stereocenters. The molecule has 0 spiro atoms. The molecule has 2 unspecified atom stereocenters. The predicted molar refractivity (Wildman–Crippen MR) is 132 cm³/mol. The number of fused-ring (bicyclic) bond motifs is 1. The molecule has 0 aromatic heterocycles. The van der Waals surface area contributed by atoms with Crippen molar-refractivity contribution in [1.29, 1.82) is 0 Å². The lowest BCUT2D eigenvalue weighted by molar-refractivity contribution is 0.111. The first kappa shape index (κ1) is 25.9. The molecular weight excluding hydrogens is 400 g/mol. The van der Waals surface area contributed by atoms with E-state index in [2.05, 4.69) is 27.7 Å². The topological polar surface area (TPSA) is 52.6 Å². The van der Waals surface area contributed by atoms with Gasteiger partial charge in [0, 0.05) is 0 Å². The minimum atomic E-state index is 0.482. The van der Waals surface area contributed by atoms with E-state index in [4.69, 9.17) is 9.47 Å². The highest BCUT2D eigenvalue weighted by atomic mass is 16.5. The third kappa shape index (κ3) is 7.36. The van der Waals surface area contributed by atoms with Gasteiger partial charge in [-0.3, -0.25) is 9.59 Å². The summed E-state index contributed by atoms with van der Waals surface area (Å²) in [4.78, 5) is 23.4. The van der Waals surface area contributed by atoms with Crippen LogP contribution in [-0.4, -0.2) is 25.8 Å². The van der Waals surface area contributed by atoms with Gasteiger partial charge in [0.05, 0.1) is 24.3 Å². The first-order valence-corrected chi connectivity index (χ1v) is 12.4.